The summed E-state index contributed by atoms with van der Waals surface area (Å²) >= 11 is 0. The average molecular weight is 653 g/mol. The number of nitrogen functional groups attached to an aromatic ring is 1. The second-order valence-corrected chi connectivity index (χ2v) is 18.1. The van der Waals surface area contributed by atoms with Gasteiger partial charge in [-0.3, -0.25) is 4.79 Å². The van der Waals surface area contributed by atoms with E-state index in [1.54, 1.807) is 4.80 Å². The summed E-state index contributed by atoms with van der Waals surface area (Å²) in [6.45, 7) is 18.2. The normalized spacial score (nSPS) is 45.7. The van der Waals surface area contributed by atoms with Crippen LogP contribution in [0.3, 0.4) is 0 Å². The van der Waals surface area contributed by atoms with Crippen molar-refractivity contribution in [3.63, 3.8) is 0 Å². The number of aromatic nitrogens is 4. The van der Waals surface area contributed by atoms with Crippen molar-refractivity contribution in [2.45, 2.75) is 118 Å². The number of ether oxygens (including phenoxy) is 2. The lowest BCUT2D eigenvalue weighted by Crippen LogP contribution is -2.69. The predicted molar refractivity (Wildman–Crippen MR) is 180 cm³/mol. The van der Waals surface area contributed by atoms with Crippen LogP contribution in [0.25, 0.3) is 0 Å². The van der Waals surface area contributed by atoms with Gasteiger partial charge in [0.05, 0.1) is 31.8 Å². The first kappa shape index (κ1) is 33.5. The molecule has 5 aliphatic carbocycles. The topological polar surface area (TPSA) is 137 Å². The number of tetrazole rings is 1. The molecule has 1 saturated heterocycles. The summed E-state index contributed by atoms with van der Waals surface area (Å²) in [5, 5.41) is 27.7. The number of carboxylic acids is 1. The fraction of sp³-hybridized carbons (Fsp3) is 0.892. The molecule has 1 aromatic rings. The number of nitrogens with one attached hydrogen (secondary N) is 1. The van der Waals surface area contributed by atoms with E-state index in [0.29, 0.717) is 55.5 Å². The van der Waals surface area contributed by atoms with Crippen molar-refractivity contribution in [2.24, 2.45) is 62.6 Å². The number of nitrogens with zero attached hydrogens (tertiary/aromatic N) is 4. The molecular formula is C37H60N6O4. The Balaban J connectivity index is 1.30. The van der Waals surface area contributed by atoms with Crippen LogP contribution in [-0.2, 0) is 14.3 Å². The number of likely N-dealkylation sites (N-methyl/N-ethyl adjacent to an activating group) is 1. The maximum absolute atomic E-state index is 13.4. The predicted octanol–water partition coefficient (Wildman–Crippen LogP) is 5.77. The summed E-state index contributed by atoms with van der Waals surface area (Å²) in [6.07, 6.45) is 10.6. The molecule has 0 spiro atoms. The minimum absolute atomic E-state index is 0.129. The van der Waals surface area contributed by atoms with Crippen LogP contribution in [0.15, 0.2) is 11.6 Å². The zero-order valence-corrected chi connectivity index (χ0v) is 30.1. The lowest BCUT2D eigenvalue weighted by atomic mass is 9.34. The Bertz CT molecular complexity index is 1410. The molecule has 7 rings (SSSR count). The number of nitrogens with two attached hydrogens (primary N) is 1. The largest absolute Gasteiger partial charge is 0.481 e. The molecule has 4 N–H and O–H groups in total. The molecule has 0 amide bonds. The van der Waals surface area contributed by atoms with Crippen molar-refractivity contribution in [3.8, 4) is 0 Å². The molecule has 2 bridgehead atoms. The maximum Gasteiger partial charge on any atom is 0.307 e. The fourth-order valence-corrected chi connectivity index (χ4v) is 12.6. The third-order valence-corrected chi connectivity index (χ3v) is 15.8. The highest BCUT2D eigenvalue weighted by Crippen LogP contribution is 2.75. The smallest absolute Gasteiger partial charge is 0.307 e. The van der Waals surface area contributed by atoms with Gasteiger partial charge < -0.3 is 25.6 Å². The van der Waals surface area contributed by atoms with E-state index < -0.39 is 11.9 Å². The van der Waals surface area contributed by atoms with E-state index in [-0.39, 0.29) is 45.2 Å². The van der Waals surface area contributed by atoms with Crippen LogP contribution in [0.2, 0.25) is 0 Å². The maximum atomic E-state index is 13.4. The first-order valence-corrected chi connectivity index (χ1v) is 18.5. The molecule has 10 heteroatoms. The third kappa shape index (κ3) is 4.65. The lowest BCUT2D eigenvalue weighted by Gasteiger charge is -2.71. The van der Waals surface area contributed by atoms with E-state index in [0.717, 1.165) is 38.5 Å². The molecule has 1 unspecified atom stereocenters. The van der Waals surface area contributed by atoms with Crippen LogP contribution in [0.5, 0.6) is 0 Å². The van der Waals surface area contributed by atoms with Gasteiger partial charge in [-0.25, -0.2) is 0 Å². The molecule has 12 atom stereocenters. The summed E-state index contributed by atoms with van der Waals surface area (Å²) in [6, 6.07) is 0.201. The number of rotatable bonds is 9. The van der Waals surface area contributed by atoms with Crippen molar-refractivity contribution in [3.05, 3.63) is 11.6 Å². The number of hydrogen-bond donors (Lipinski definition) is 3. The van der Waals surface area contributed by atoms with Crippen molar-refractivity contribution in [1.82, 2.24) is 25.5 Å². The Morgan fingerprint density at radius 3 is 2.49 bits per heavy atom. The molecule has 262 valence electrons. The third-order valence-electron chi connectivity index (χ3n) is 15.8. The monoisotopic (exact) mass is 652 g/mol. The zero-order valence-electron chi connectivity index (χ0n) is 30.1. The Morgan fingerprint density at radius 1 is 1.13 bits per heavy atom. The van der Waals surface area contributed by atoms with Gasteiger partial charge in [0.1, 0.15) is 6.04 Å². The van der Waals surface area contributed by atoms with Crippen LogP contribution in [-0.4, -0.2) is 70.3 Å². The van der Waals surface area contributed by atoms with Gasteiger partial charge in [0.25, 0.3) is 5.95 Å². The van der Waals surface area contributed by atoms with E-state index >= 15 is 0 Å². The first-order chi connectivity index (χ1) is 22.2. The summed E-state index contributed by atoms with van der Waals surface area (Å²) < 4.78 is 13.7. The van der Waals surface area contributed by atoms with Gasteiger partial charge in [-0.15, -0.1) is 5.10 Å². The number of fused-ring (bicyclic) bond motifs is 3. The molecule has 5 fully saturated rings. The summed E-state index contributed by atoms with van der Waals surface area (Å²) in [4.78, 5) is 15.2. The number of carbonyl (C=O) groups is 1. The Kier molecular flexibility index (Phi) is 8.00. The molecule has 47 heavy (non-hydrogen) atoms. The zero-order chi connectivity index (χ0) is 33.7. The second-order valence-electron chi connectivity index (χ2n) is 18.1. The fourth-order valence-electron chi connectivity index (χ4n) is 12.6. The molecule has 0 radical (unpaired) electrons. The highest BCUT2D eigenvalue weighted by Gasteiger charge is 2.72. The summed E-state index contributed by atoms with van der Waals surface area (Å²) in [5.41, 5.74) is 6.39. The lowest BCUT2D eigenvalue weighted by molar-refractivity contribution is -0.252. The molecule has 4 saturated carbocycles. The Labute approximate surface area is 281 Å². The van der Waals surface area contributed by atoms with Crippen LogP contribution < -0.4 is 11.1 Å². The van der Waals surface area contributed by atoms with E-state index in [2.05, 4.69) is 75.3 Å². The minimum atomic E-state index is -0.621. The summed E-state index contributed by atoms with van der Waals surface area (Å²) in [7, 11) is 2.04. The number of allylic oxidation sites excluding steroid dienone is 1. The SMILES string of the molecule is CN[C@@H](CO[C@H]1C(n2nnc(N)n2)C[C@@]23COC[C@]1(C)[C@@H]2CC[C@H]1C3=CC[C@@]2(C)[C@H](C(=O)O)[C@@](C)([C@H](C)C(C)C)CC[C@]12C)C1CC1. The highest BCUT2D eigenvalue weighted by atomic mass is 16.5. The minimum Gasteiger partial charge on any atom is -0.481 e. The van der Waals surface area contributed by atoms with Crippen LogP contribution in [0.4, 0.5) is 5.95 Å². The van der Waals surface area contributed by atoms with Crippen molar-refractivity contribution < 1.29 is 19.4 Å². The van der Waals surface area contributed by atoms with Gasteiger partial charge in [0, 0.05) is 16.9 Å². The van der Waals surface area contributed by atoms with Gasteiger partial charge in [-0.1, -0.05) is 65.2 Å². The average Bonchev–Trinajstić information content (AvgIpc) is 3.77. The Morgan fingerprint density at radius 2 is 1.87 bits per heavy atom. The number of hydrogen-bond acceptors (Lipinski definition) is 8. The molecular weight excluding hydrogens is 592 g/mol. The number of carboxylic acid groups (broad SMARTS) is 1. The van der Waals surface area contributed by atoms with Crippen molar-refractivity contribution >= 4 is 11.9 Å². The first-order valence-electron chi connectivity index (χ1n) is 18.5. The second kappa shape index (κ2) is 11.2. The van der Waals surface area contributed by atoms with Gasteiger partial charge in [0.15, 0.2) is 0 Å². The van der Waals surface area contributed by atoms with Crippen molar-refractivity contribution in [1.29, 1.82) is 0 Å². The molecule has 2 heterocycles. The van der Waals surface area contributed by atoms with Gasteiger partial charge in [-0.05, 0) is 109 Å². The van der Waals surface area contributed by atoms with Gasteiger partial charge >= 0.3 is 5.97 Å². The molecule has 6 aliphatic rings. The molecule has 1 aromatic heterocycles. The highest BCUT2D eigenvalue weighted by molar-refractivity contribution is 5.73. The van der Waals surface area contributed by atoms with E-state index in [4.69, 9.17) is 15.2 Å². The van der Waals surface area contributed by atoms with E-state index in [1.807, 2.05) is 7.05 Å². The van der Waals surface area contributed by atoms with Gasteiger partial charge in [-0.2, -0.15) is 4.80 Å². The Hall–Kier alpha value is -2.04. The molecule has 0 aromatic carbocycles. The molecule has 1 aliphatic heterocycles. The quantitative estimate of drug-likeness (QED) is 0.284. The van der Waals surface area contributed by atoms with E-state index in [9.17, 15) is 9.90 Å². The standard InChI is InChI=1S/C37H60N6O4/c1-21(2)22(3)33(4)15-16-35(6)24-11-12-28-34(5)19-46-20-37(28,25(24)13-14-36(35,7)29(33)31(44)45)17-27(43-41-32(38)40-42-43)30(34)47-18-26(39-8)23-9-10-23/h13,21-24,26-30,39H,9-12,14-20H2,1-8H3,(H2,38,41)(H,44,45)/t22-,24+,26+,27?,28+,29-,30+,33-,34-,35-,36+,37+/m1/s1. The summed E-state index contributed by atoms with van der Waals surface area (Å²) in [5.74, 6) is 1.27. The number of anilines is 1. The van der Waals surface area contributed by atoms with Gasteiger partial charge in [0.2, 0.25) is 0 Å². The van der Waals surface area contributed by atoms with Crippen LogP contribution >= 0.6 is 0 Å². The molecule has 10 nitrogen and oxygen atoms in total. The van der Waals surface area contributed by atoms with Crippen LogP contribution in [0, 0.1) is 62.6 Å². The number of aliphatic carboxylic acids is 1. The van der Waals surface area contributed by atoms with E-state index in [1.165, 1.54) is 18.4 Å². The van der Waals surface area contributed by atoms with Crippen molar-refractivity contribution in [2.75, 3.05) is 32.6 Å². The van der Waals surface area contributed by atoms with Crippen LogP contribution in [0.1, 0.15) is 106 Å².